The molecule has 1 aromatic rings. The van der Waals surface area contributed by atoms with Gasteiger partial charge in [0.05, 0.1) is 13.4 Å². The molecule has 0 aliphatic rings. The van der Waals surface area contributed by atoms with Crippen LogP contribution in [0.15, 0.2) is 16.9 Å². The maximum Gasteiger partial charge on any atom is 0.123 e. The Labute approximate surface area is 74.8 Å². The van der Waals surface area contributed by atoms with Gasteiger partial charge >= 0.3 is 0 Å². The Morgan fingerprint density at radius 2 is 2.45 bits per heavy atom. The monoisotopic (exact) mass is 206 g/mol. The lowest BCUT2D eigenvalue weighted by atomic mass is 9.98. The first-order valence-corrected chi connectivity index (χ1v) is 3.82. The summed E-state index contributed by atoms with van der Waals surface area (Å²) in [7, 11) is 5.36. The molecular formula is C7H4BBrN2. The lowest BCUT2D eigenvalue weighted by Crippen LogP contribution is -1.89. The fourth-order valence-corrected chi connectivity index (χ4v) is 0.987. The molecule has 52 valence electrons. The molecule has 0 atom stereocenters. The number of hydrogen-bond donors (Lipinski definition) is 0. The second-order valence-electron chi connectivity index (χ2n) is 2.00. The first-order valence-electron chi connectivity index (χ1n) is 3.02. The van der Waals surface area contributed by atoms with Crippen molar-refractivity contribution in [2.75, 3.05) is 0 Å². The maximum absolute atomic E-state index is 8.58. The van der Waals surface area contributed by atoms with E-state index in [-0.39, 0.29) is 0 Å². The van der Waals surface area contributed by atoms with E-state index in [4.69, 9.17) is 13.1 Å². The first-order chi connectivity index (χ1) is 5.27. The number of hydrogen-bond acceptors (Lipinski definition) is 2. The van der Waals surface area contributed by atoms with Crippen LogP contribution in [-0.4, -0.2) is 12.8 Å². The molecule has 0 aliphatic carbocycles. The van der Waals surface area contributed by atoms with E-state index in [9.17, 15) is 0 Å². The Hall–Kier alpha value is -0.815. The second kappa shape index (κ2) is 3.54. The highest BCUT2D eigenvalue weighted by molar-refractivity contribution is 9.10. The molecule has 0 amide bonds. The lowest BCUT2D eigenvalue weighted by molar-refractivity contribution is 1.19. The molecule has 2 radical (unpaired) electrons. The van der Waals surface area contributed by atoms with Crippen molar-refractivity contribution in [2.45, 2.75) is 6.32 Å². The molecule has 2 nitrogen and oxygen atoms in total. The van der Waals surface area contributed by atoms with Gasteiger partial charge in [0.1, 0.15) is 10.7 Å². The third-order valence-electron chi connectivity index (χ3n) is 1.25. The summed E-state index contributed by atoms with van der Waals surface area (Å²) in [6, 6.07) is 3.72. The van der Waals surface area contributed by atoms with E-state index in [1.165, 1.54) is 0 Å². The fraction of sp³-hybridized carbons (Fsp3) is 0.143. The summed E-state index contributed by atoms with van der Waals surface area (Å²) >= 11 is 3.15. The molecule has 0 N–H and O–H groups in total. The van der Waals surface area contributed by atoms with Gasteiger partial charge in [0.25, 0.3) is 0 Å². The van der Waals surface area contributed by atoms with Crippen LogP contribution in [0.4, 0.5) is 0 Å². The Morgan fingerprint density at radius 1 is 1.73 bits per heavy atom. The molecule has 11 heavy (non-hydrogen) atoms. The van der Waals surface area contributed by atoms with E-state index in [2.05, 4.69) is 20.9 Å². The topological polar surface area (TPSA) is 36.7 Å². The highest BCUT2D eigenvalue weighted by Gasteiger charge is 1.99. The van der Waals surface area contributed by atoms with Gasteiger partial charge in [-0.2, -0.15) is 5.26 Å². The predicted octanol–water partition coefficient (Wildman–Crippen LogP) is 1.38. The van der Waals surface area contributed by atoms with Crippen LogP contribution < -0.4 is 0 Å². The normalized spacial score (nSPS) is 9.09. The van der Waals surface area contributed by atoms with E-state index in [0.717, 1.165) is 5.56 Å². The van der Waals surface area contributed by atoms with Gasteiger partial charge in [-0.15, -0.1) is 0 Å². The molecule has 0 unspecified atom stereocenters. The summed E-state index contributed by atoms with van der Waals surface area (Å²) in [5.41, 5.74) is 1.39. The quantitative estimate of drug-likeness (QED) is 0.515. The molecule has 0 bridgehead atoms. The van der Waals surface area contributed by atoms with Gasteiger partial charge in [0.2, 0.25) is 0 Å². The summed E-state index contributed by atoms with van der Waals surface area (Å²) in [5, 5.41) is 8.58. The average Bonchev–Trinajstić information content (AvgIpc) is 2.05. The van der Waals surface area contributed by atoms with Crippen molar-refractivity contribution in [2.24, 2.45) is 0 Å². The molecule has 0 spiro atoms. The van der Waals surface area contributed by atoms with Crippen molar-refractivity contribution in [3.63, 3.8) is 0 Å². The van der Waals surface area contributed by atoms with Gasteiger partial charge in [-0.25, -0.2) is 4.98 Å². The van der Waals surface area contributed by atoms with E-state index in [1.54, 1.807) is 12.3 Å². The van der Waals surface area contributed by atoms with E-state index in [0.29, 0.717) is 16.5 Å². The summed E-state index contributed by atoms with van der Waals surface area (Å²) < 4.78 is 0.567. The highest BCUT2D eigenvalue weighted by atomic mass is 79.9. The smallest absolute Gasteiger partial charge is 0.123 e. The van der Waals surface area contributed by atoms with Crippen LogP contribution in [0.2, 0.25) is 0 Å². The largest absolute Gasteiger partial charge is 0.248 e. The number of halogens is 1. The van der Waals surface area contributed by atoms with Crippen molar-refractivity contribution < 1.29 is 0 Å². The minimum absolute atomic E-state index is 0.412. The summed E-state index contributed by atoms with van der Waals surface area (Å²) in [5.74, 6) is 0. The van der Waals surface area contributed by atoms with Crippen LogP contribution in [0, 0.1) is 11.3 Å². The zero-order valence-electron chi connectivity index (χ0n) is 5.71. The van der Waals surface area contributed by atoms with Gasteiger partial charge in [-0.3, -0.25) is 0 Å². The Morgan fingerprint density at radius 3 is 3.00 bits per heavy atom. The zero-order valence-corrected chi connectivity index (χ0v) is 7.30. The minimum atomic E-state index is 0.412. The van der Waals surface area contributed by atoms with Crippen molar-refractivity contribution in [1.82, 2.24) is 4.98 Å². The summed E-state index contributed by atoms with van der Waals surface area (Å²) in [6.07, 6.45) is 2.06. The van der Waals surface area contributed by atoms with Crippen LogP contribution in [0.25, 0.3) is 0 Å². The van der Waals surface area contributed by atoms with Crippen molar-refractivity contribution in [1.29, 1.82) is 5.26 Å². The second-order valence-corrected chi connectivity index (χ2v) is 2.75. The van der Waals surface area contributed by atoms with Gasteiger partial charge in [-0.1, -0.05) is 6.32 Å². The van der Waals surface area contributed by atoms with Gasteiger partial charge in [0.15, 0.2) is 0 Å². The van der Waals surface area contributed by atoms with Crippen LogP contribution in [0.3, 0.4) is 0 Å². The fourth-order valence-electron chi connectivity index (χ4n) is 0.681. The Kier molecular flexibility index (Phi) is 2.67. The SMILES string of the molecule is [B]Cc1cnc(Br)c(C#N)c1. The van der Waals surface area contributed by atoms with E-state index in [1.807, 2.05) is 6.07 Å². The number of nitriles is 1. The minimum Gasteiger partial charge on any atom is -0.248 e. The van der Waals surface area contributed by atoms with E-state index < -0.39 is 0 Å². The number of nitrogens with zero attached hydrogens (tertiary/aromatic N) is 2. The van der Waals surface area contributed by atoms with Crippen LogP contribution in [-0.2, 0) is 6.32 Å². The Bertz CT molecular complexity index is 306. The van der Waals surface area contributed by atoms with Gasteiger partial charge in [0, 0.05) is 6.20 Å². The number of aromatic nitrogens is 1. The molecule has 0 aliphatic heterocycles. The highest BCUT2D eigenvalue weighted by Crippen LogP contribution is 2.13. The summed E-state index contributed by atoms with van der Waals surface area (Å²) in [4.78, 5) is 3.93. The van der Waals surface area contributed by atoms with Gasteiger partial charge < -0.3 is 0 Å². The van der Waals surface area contributed by atoms with Crippen LogP contribution >= 0.6 is 15.9 Å². The van der Waals surface area contributed by atoms with Crippen molar-refractivity contribution in [3.05, 3.63) is 28.0 Å². The molecule has 1 heterocycles. The molecule has 1 rings (SSSR count). The number of rotatable bonds is 1. The Balaban J connectivity index is 3.15. The van der Waals surface area contributed by atoms with Crippen LogP contribution in [0.1, 0.15) is 11.1 Å². The third kappa shape index (κ3) is 1.81. The standard InChI is InChI=1S/C7H4BBrN2/c8-2-5-1-6(3-10)7(9)11-4-5/h1,4H,2H2. The first kappa shape index (κ1) is 8.28. The number of pyridine rings is 1. The third-order valence-corrected chi connectivity index (χ3v) is 1.88. The predicted molar refractivity (Wildman–Crippen MR) is 46.1 cm³/mol. The lowest BCUT2D eigenvalue weighted by Gasteiger charge is -1.97. The van der Waals surface area contributed by atoms with E-state index >= 15 is 0 Å². The van der Waals surface area contributed by atoms with Gasteiger partial charge in [-0.05, 0) is 27.6 Å². The van der Waals surface area contributed by atoms with Crippen molar-refractivity contribution >= 4 is 23.8 Å². The molecule has 0 fully saturated rings. The molecule has 0 saturated carbocycles. The summed E-state index contributed by atoms with van der Waals surface area (Å²) in [6.45, 7) is 0. The molecular weight excluding hydrogens is 203 g/mol. The average molecular weight is 207 g/mol. The molecule has 0 aromatic carbocycles. The maximum atomic E-state index is 8.58. The molecule has 1 aromatic heterocycles. The van der Waals surface area contributed by atoms with Crippen LogP contribution in [0.5, 0.6) is 0 Å². The molecule has 4 heteroatoms. The van der Waals surface area contributed by atoms with Crippen molar-refractivity contribution in [3.8, 4) is 6.07 Å². The zero-order chi connectivity index (χ0) is 8.27. The molecule has 0 saturated heterocycles.